The number of piperidine rings is 1. The number of hydrogen-bond donors (Lipinski definition) is 1. The van der Waals surface area contributed by atoms with Crippen molar-refractivity contribution in [1.29, 1.82) is 0 Å². The molecule has 1 rings (SSSR count). The summed E-state index contributed by atoms with van der Waals surface area (Å²) in [5.74, 6) is 0. The van der Waals surface area contributed by atoms with Gasteiger partial charge in [-0.05, 0) is 25.9 Å². The molecule has 0 aromatic heterocycles. The molecule has 0 aromatic carbocycles. The highest BCUT2D eigenvalue weighted by Gasteiger charge is 2.23. The van der Waals surface area contributed by atoms with Crippen LogP contribution in [0.15, 0.2) is 0 Å². The van der Waals surface area contributed by atoms with E-state index in [-0.39, 0.29) is 0 Å². The van der Waals surface area contributed by atoms with Crippen molar-refractivity contribution >= 4 is 45.2 Å². The fourth-order valence-electron chi connectivity index (χ4n) is 0.793. The third-order valence-electron chi connectivity index (χ3n) is 1.34. The SMILES string of the molecule is IC1(I)CCNCC1. The molecule has 1 N–H and O–H groups in total. The molecule has 3 heteroatoms. The van der Waals surface area contributed by atoms with Gasteiger partial charge >= 0.3 is 0 Å². The molecule has 0 saturated carbocycles. The molecule has 0 atom stereocenters. The first kappa shape index (κ1) is 7.53. The van der Waals surface area contributed by atoms with Gasteiger partial charge in [0.05, 0.1) is 1.43 Å². The summed E-state index contributed by atoms with van der Waals surface area (Å²) in [5, 5.41) is 3.33. The van der Waals surface area contributed by atoms with Crippen LogP contribution in [0.5, 0.6) is 0 Å². The molecular formula is C5H9I2N. The molecule has 0 aliphatic carbocycles. The summed E-state index contributed by atoms with van der Waals surface area (Å²) in [4.78, 5) is 0. The highest BCUT2D eigenvalue weighted by molar-refractivity contribution is 14.2. The molecule has 0 unspecified atom stereocenters. The molecule has 0 radical (unpaired) electrons. The monoisotopic (exact) mass is 337 g/mol. The smallest absolute Gasteiger partial charge is 0.0758 e. The standard InChI is InChI=1S/C5H9I2N/c6-5(7)1-3-8-4-2-5/h8H,1-4H2. The van der Waals surface area contributed by atoms with Gasteiger partial charge < -0.3 is 5.32 Å². The minimum atomic E-state index is 0.556. The van der Waals surface area contributed by atoms with Gasteiger partial charge in [-0.3, -0.25) is 0 Å². The zero-order chi connectivity index (χ0) is 6.04. The quantitative estimate of drug-likeness (QED) is 0.526. The van der Waals surface area contributed by atoms with E-state index in [0.29, 0.717) is 1.43 Å². The van der Waals surface area contributed by atoms with Crippen LogP contribution >= 0.6 is 45.2 Å². The molecule has 1 heterocycles. The predicted octanol–water partition coefficient (Wildman–Crippen LogP) is 1.94. The second-order valence-corrected chi connectivity index (χ2v) is 8.30. The maximum Gasteiger partial charge on any atom is 0.0758 e. The van der Waals surface area contributed by atoms with E-state index in [1.54, 1.807) is 0 Å². The summed E-state index contributed by atoms with van der Waals surface area (Å²) >= 11 is 5.08. The fraction of sp³-hybridized carbons (Fsp3) is 1.00. The third kappa shape index (κ3) is 2.34. The van der Waals surface area contributed by atoms with Gasteiger partial charge in [-0.1, -0.05) is 45.2 Å². The summed E-state index contributed by atoms with van der Waals surface area (Å²) < 4.78 is 0.556. The van der Waals surface area contributed by atoms with E-state index >= 15 is 0 Å². The lowest BCUT2D eigenvalue weighted by Crippen LogP contribution is -2.32. The summed E-state index contributed by atoms with van der Waals surface area (Å²) in [6, 6.07) is 0. The Morgan fingerprint density at radius 2 is 1.62 bits per heavy atom. The summed E-state index contributed by atoms with van der Waals surface area (Å²) in [6.45, 7) is 2.40. The first-order chi connectivity index (χ1) is 3.71. The Bertz CT molecular complexity index is 74.5. The molecule has 1 aliphatic rings. The Morgan fingerprint density at radius 1 is 1.12 bits per heavy atom. The van der Waals surface area contributed by atoms with Crippen molar-refractivity contribution in [3.63, 3.8) is 0 Å². The molecule has 0 spiro atoms. The molecule has 1 saturated heterocycles. The highest BCUT2D eigenvalue weighted by Crippen LogP contribution is 2.35. The largest absolute Gasteiger partial charge is 0.317 e. The van der Waals surface area contributed by atoms with Crippen molar-refractivity contribution in [3.8, 4) is 0 Å². The lowest BCUT2D eigenvalue weighted by atomic mass is 10.2. The normalized spacial score (nSPS) is 27.8. The van der Waals surface area contributed by atoms with Crippen LogP contribution in [-0.4, -0.2) is 14.5 Å². The van der Waals surface area contributed by atoms with Crippen LogP contribution in [0, 0.1) is 0 Å². The lowest BCUT2D eigenvalue weighted by molar-refractivity contribution is 0.532. The van der Waals surface area contributed by atoms with E-state index in [0.717, 1.165) is 0 Å². The van der Waals surface area contributed by atoms with Crippen LogP contribution in [-0.2, 0) is 0 Å². The van der Waals surface area contributed by atoms with Gasteiger partial charge in [-0.15, -0.1) is 0 Å². The molecular weight excluding hydrogens is 328 g/mol. The number of hydrogen-bond acceptors (Lipinski definition) is 1. The molecule has 1 nitrogen and oxygen atoms in total. The van der Waals surface area contributed by atoms with E-state index < -0.39 is 0 Å². The van der Waals surface area contributed by atoms with E-state index in [4.69, 9.17) is 0 Å². The van der Waals surface area contributed by atoms with Crippen molar-refractivity contribution in [3.05, 3.63) is 0 Å². The molecule has 0 bridgehead atoms. The highest BCUT2D eigenvalue weighted by atomic mass is 127. The van der Waals surface area contributed by atoms with E-state index in [1.807, 2.05) is 0 Å². The lowest BCUT2D eigenvalue weighted by Gasteiger charge is -2.25. The van der Waals surface area contributed by atoms with Crippen LogP contribution in [0.1, 0.15) is 12.8 Å². The maximum absolute atomic E-state index is 3.33. The minimum Gasteiger partial charge on any atom is -0.317 e. The minimum absolute atomic E-state index is 0.556. The average molecular weight is 337 g/mol. The van der Waals surface area contributed by atoms with Crippen molar-refractivity contribution in [2.45, 2.75) is 14.3 Å². The van der Waals surface area contributed by atoms with Crippen molar-refractivity contribution < 1.29 is 0 Å². The fourth-order valence-corrected chi connectivity index (χ4v) is 1.87. The van der Waals surface area contributed by atoms with Crippen molar-refractivity contribution in [2.75, 3.05) is 13.1 Å². The average Bonchev–Trinajstić information content (AvgIpc) is 1.65. The molecule has 1 fully saturated rings. The van der Waals surface area contributed by atoms with Crippen LogP contribution < -0.4 is 5.32 Å². The zero-order valence-electron chi connectivity index (χ0n) is 4.58. The van der Waals surface area contributed by atoms with Crippen molar-refractivity contribution in [1.82, 2.24) is 5.32 Å². The van der Waals surface area contributed by atoms with E-state index in [9.17, 15) is 0 Å². The predicted molar refractivity (Wildman–Crippen MR) is 52.9 cm³/mol. The van der Waals surface area contributed by atoms with Gasteiger partial charge in [0.1, 0.15) is 0 Å². The maximum atomic E-state index is 3.33. The first-order valence-corrected chi connectivity index (χ1v) is 4.95. The third-order valence-corrected chi connectivity index (χ3v) is 3.49. The first-order valence-electron chi connectivity index (χ1n) is 2.79. The van der Waals surface area contributed by atoms with Gasteiger partial charge in [0.25, 0.3) is 0 Å². The summed E-state index contributed by atoms with van der Waals surface area (Å²) in [6.07, 6.45) is 2.63. The molecule has 1 aliphatic heterocycles. The molecule has 0 aromatic rings. The number of nitrogens with one attached hydrogen (secondary N) is 1. The Kier molecular flexibility index (Phi) is 2.83. The molecule has 48 valence electrons. The van der Waals surface area contributed by atoms with Crippen LogP contribution in [0.2, 0.25) is 0 Å². The number of halogens is 2. The Labute approximate surface area is 77.3 Å². The van der Waals surface area contributed by atoms with Gasteiger partial charge in [-0.25, -0.2) is 0 Å². The van der Waals surface area contributed by atoms with Gasteiger partial charge in [0.2, 0.25) is 0 Å². The van der Waals surface area contributed by atoms with Gasteiger partial charge in [-0.2, -0.15) is 0 Å². The summed E-state index contributed by atoms with van der Waals surface area (Å²) in [5.41, 5.74) is 0. The molecule has 8 heavy (non-hydrogen) atoms. The second kappa shape index (κ2) is 3.01. The Hall–Kier alpha value is 1.42. The van der Waals surface area contributed by atoms with Crippen LogP contribution in [0.25, 0.3) is 0 Å². The van der Waals surface area contributed by atoms with Crippen molar-refractivity contribution in [2.24, 2.45) is 0 Å². The second-order valence-electron chi connectivity index (χ2n) is 2.11. The number of alkyl halides is 2. The van der Waals surface area contributed by atoms with E-state index in [2.05, 4.69) is 50.5 Å². The van der Waals surface area contributed by atoms with Gasteiger partial charge in [0.15, 0.2) is 0 Å². The summed E-state index contributed by atoms with van der Waals surface area (Å²) in [7, 11) is 0. The van der Waals surface area contributed by atoms with Gasteiger partial charge in [0, 0.05) is 0 Å². The Morgan fingerprint density at radius 3 is 1.88 bits per heavy atom. The topological polar surface area (TPSA) is 12.0 Å². The van der Waals surface area contributed by atoms with Crippen LogP contribution in [0.4, 0.5) is 0 Å². The van der Waals surface area contributed by atoms with Crippen LogP contribution in [0.3, 0.4) is 0 Å². The van der Waals surface area contributed by atoms with E-state index in [1.165, 1.54) is 25.9 Å². The molecule has 0 amide bonds. The number of rotatable bonds is 0. The Balaban J connectivity index is 2.33. The zero-order valence-corrected chi connectivity index (χ0v) is 8.90.